The van der Waals surface area contributed by atoms with Crippen LogP contribution in [0.3, 0.4) is 0 Å². The van der Waals surface area contributed by atoms with E-state index in [1.54, 1.807) is 0 Å². The number of hydrogen-bond acceptors (Lipinski definition) is 3. The van der Waals surface area contributed by atoms with Crippen molar-refractivity contribution in [2.45, 2.75) is 64.8 Å². The third kappa shape index (κ3) is 3.20. The van der Waals surface area contributed by atoms with Crippen LogP contribution in [0.15, 0.2) is 4.47 Å². The number of rotatable bonds is 6. The third-order valence-corrected chi connectivity index (χ3v) is 4.90. The fraction of sp³-hybridized carbons (Fsp3) is 0.786. The summed E-state index contributed by atoms with van der Waals surface area (Å²) in [6, 6.07) is 0.474. The Morgan fingerprint density at radius 3 is 2.84 bits per heavy atom. The second-order valence-corrected chi connectivity index (χ2v) is 5.86. The van der Waals surface area contributed by atoms with E-state index in [0.717, 1.165) is 29.7 Å². The zero-order chi connectivity index (χ0) is 13.8. The molecule has 0 radical (unpaired) electrons. The molecule has 0 bridgehead atoms. The van der Waals surface area contributed by atoms with Gasteiger partial charge in [0.25, 0.3) is 0 Å². The fourth-order valence-electron chi connectivity index (χ4n) is 2.86. The standard InChI is InChI=1S/C14H24BrN3O/c1-4-10-14(15)12(18(5-2)17-10)9-16-11-7-6-8-13(11)19-3/h11,13,16H,4-9H2,1-3H3. The molecular weight excluding hydrogens is 306 g/mol. The smallest absolute Gasteiger partial charge is 0.0767 e. The highest BCUT2D eigenvalue weighted by molar-refractivity contribution is 9.10. The maximum absolute atomic E-state index is 5.53. The normalized spacial score (nSPS) is 23.2. The lowest BCUT2D eigenvalue weighted by atomic mass is 10.2. The second-order valence-electron chi connectivity index (χ2n) is 5.07. The number of halogens is 1. The average molecular weight is 330 g/mol. The fourth-order valence-corrected chi connectivity index (χ4v) is 3.56. The van der Waals surface area contributed by atoms with E-state index in [1.807, 2.05) is 7.11 Å². The molecule has 1 aromatic heterocycles. The third-order valence-electron chi connectivity index (χ3n) is 3.98. The molecule has 0 saturated heterocycles. The van der Waals surface area contributed by atoms with Gasteiger partial charge in [-0.1, -0.05) is 6.92 Å². The number of aryl methyl sites for hydroxylation is 2. The van der Waals surface area contributed by atoms with E-state index in [1.165, 1.54) is 25.0 Å². The molecule has 1 fully saturated rings. The van der Waals surface area contributed by atoms with Crippen molar-refractivity contribution < 1.29 is 4.74 Å². The molecular formula is C14H24BrN3O. The van der Waals surface area contributed by atoms with E-state index in [9.17, 15) is 0 Å². The molecule has 1 aliphatic rings. The molecule has 1 aliphatic carbocycles. The zero-order valence-corrected chi connectivity index (χ0v) is 13.7. The summed E-state index contributed by atoms with van der Waals surface area (Å²) in [4.78, 5) is 0. The summed E-state index contributed by atoms with van der Waals surface area (Å²) in [5, 5.41) is 8.27. The first-order valence-corrected chi connectivity index (χ1v) is 8.00. The number of nitrogens with zero attached hydrogens (tertiary/aromatic N) is 2. The molecule has 2 rings (SSSR count). The maximum Gasteiger partial charge on any atom is 0.0767 e. The van der Waals surface area contributed by atoms with Gasteiger partial charge in [-0.3, -0.25) is 4.68 Å². The van der Waals surface area contributed by atoms with E-state index < -0.39 is 0 Å². The van der Waals surface area contributed by atoms with Gasteiger partial charge in [0, 0.05) is 26.2 Å². The van der Waals surface area contributed by atoms with Crippen molar-refractivity contribution >= 4 is 15.9 Å². The molecule has 2 atom stereocenters. The molecule has 1 saturated carbocycles. The Bertz CT molecular complexity index is 419. The Labute approximate surface area is 124 Å². The lowest BCUT2D eigenvalue weighted by Crippen LogP contribution is -2.36. The van der Waals surface area contributed by atoms with E-state index >= 15 is 0 Å². The highest BCUT2D eigenvalue weighted by Gasteiger charge is 2.27. The summed E-state index contributed by atoms with van der Waals surface area (Å²) >= 11 is 3.69. The molecule has 2 unspecified atom stereocenters. The molecule has 0 aromatic carbocycles. The molecule has 19 heavy (non-hydrogen) atoms. The maximum atomic E-state index is 5.53. The highest BCUT2D eigenvalue weighted by Crippen LogP contribution is 2.25. The average Bonchev–Trinajstić information content (AvgIpc) is 3.00. The van der Waals surface area contributed by atoms with Crippen LogP contribution in [0, 0.1) is 0 Å². The Kier molecular flexibility index (Phi) is 5.42. The first-order chi connectivity index (χ1) is 9.21. The van der Waals surface area contributed by atoms with Crippen LogP contribution in [-0.2, 0) is 24.2 Å². The molecule has 0 aliphatic heterocycles. The van der Waals surface area contributed by atoms with Crippen molar-refractivity contribution in [1.29, 1.82) is 0 Å². The van der Waals surface area contributed by atoms with Crippen LogP contribution in [0.25, 0.3) is 0 Å². The summed E-state index contributed by atoms with van der Waals surface area (Å²) in [6.45, 7) is 6.04. The van der Waals surface area contributed by atoms with Crippen molar-refractivity contribution in [2.75, 3.05) is 7.11 Å². The topological polar surface area (TPSA) is 39.1 Å². The van der Waals surface area contributed by atoms with Crippen molar-refractivity contribution in [3.8, 4) is 0 Å². The van der Waals surface area contributed by atoms with E-state index in [-0.39, 0.29) is 0 Å². The zero-order valence-electron chi connectivity index (χ0n) is 12.1. The summed E-state index contributed by atoms with van der Waals surface area (Å²) in [6.07, 6.45) is 4.96. The number of aromatic nitrogens is 2. The van der Waals surface area contributed by atoms with Crippen LogP contribution in [0.1, 0.15) is 44.5 Å². The van der Waals surface area contributed by atoms with Gasteiger partial charge in [-0.2, -0.15) is 5.10 Å². The Hall–Kier alpha value is -0.390. The minimum absolute atomic E-state index is 0.363. The molecule has 108 valence electrons. The van der Waals surface area contributed by atoms with Gasteiger partial charge in [-0.15, -0.1) is 0 Å². The molecule has 1 aromatic rings. The van der Waals surface area contributed by atoms with Gasteiger partial charge in [-0.25, -0.2) is 0 Å². The predicted octanol–water partition coefficient (Wildman–Crippen LogP) is 2.89. The lowest BCUT2D eigenvalue weighted by Gasteiger charge is -2.20. The van der Waals surface area contributed by atoms with Crippen LogP contribution < -0.4 is 5.32 Å². The molecule has 1 N–H and O–H groups in total. The highest BCUT2D eigenvalue weighted by atomic mass is 79.9. The van der Waals surface area contributed by atoms with Crippen molar-refractivity contribution in [3.05, 3.63) is 15.9 Å². The van der Waals surface area contributed by atoms with Crippen molar-refractivity contribution in [2.24, 2.45) is 0 Å². The van der Waals surface area contributed by atoms with Crippen LogP contribution in [0.5, 0.6) is 0 Å². The second kappa shape index (κ2) is 6.86. The number of hydrogen-bond donors (Lipinski definition) is 1. The summed E-state index contributed by atoms with van der Waals surface area (Å²) < 4.78 is 8.78. The van der Waals surface area contributed by atoms with Crippen LogP contribution >= 0.6 is 15.9 Å². The number of nitrogens with one attached hydrogen (secondary N) is 1. The van der Waals surface area contributed by atoms with Crippen LogP contribution in [0.2, 0.25) is 0 Å². The summed E-state index contributed by atoms with van der Waals surface area (Å²) in [7, 11) is 1.81. The Morgan fingerprint density at radius 1 is 1.42 bits per heavy atom. The molecule has 0 amide bonds. The minimum Gasteiger partial charge on any atom is -0.380 e. The molecule has 1 heterocycles. The Balaban J connectivity index is 2.04. The van der Waals surface area contributed by atoms with Crippen LogP contribution in [0.4, 0.5) is 0 Å². The Morgan fingerprint density at radius 2 is 2.21 bits per heavy atom. The lowest BCUT2D eigenvalue weighted by molar-refractivity contribution is 0.0845. The van der Waals surface area contributed by atoms with Gasteiger partial charge >= 0.3 is 0 Å². The van der Waals surface area contributed by atoms with Gasteiger partial charge in [0.05, 0.1) is 22.0 Å². The van der Waals surface area contributed by atoms with E-state index in [0.29, 0.717) is 12.1 Å². The molecule has 4 nitrogen and oxygen atoms in total. The van der Waals surface area contributed by atoms with E-state index in [4.69, 9.17) is 4.74 Å². The van der Waals surface area contributed by atoms with Gasteiger partial charge in [-0.05, 0) is 48.5 Å². The van der Waals surface area contributed by atoms with Gasteiger partial charge in [0.1, 0.15) is 0 Å². The minimum atomic E-state index is 0.363. The monoisotopic (exact) mass is 329 g/mol. The van der Waals surface area contributed by atoms with Gasteiger partial charge < -0.3 is 10.1 Å². The first kappa shape index (κ1) is 15.0. The molecule has 5 heteroatoms. The predicted molar refractivity (Wildman–Crippen MR) is 80.3 cm³/mol. The SMILES string of the molecule is CCc1nn(CC)c(CNC2CCCC2OC)c1Br. The number of methoxy groups -OCH3 is 1. The quantitative estimate of drug-likeness (QED) is 0.872. The van der Waals surface area contributed by atoms with Gasteiger partial charge in [0.2, 0.25) is 0 Å². The van der Waals surface area contributed by atoms with Crippen molar-refractivity contribution in [3.63, 3.8) is 0 Å². The largest absolute Gasteiger partial charge is 0.380 e. The first-order valence-electron chi connectivity index (χ1n) is 7.21. The van der Waals surface area contributed by atoms with E-state index in [2.05, 4.69) is 44.9 Å². The molecule has 0 spiro atoms. The number of ether oxygens (including phenoxy) is 1. The summed E-state index contributed by atoms with van der Waals surface area (Å²) in [5.41, 5.74) is 2.40. The van der Waals surface area contributed by atoms with Crippen molar-refractivity contribution in [1.82, 2.24) is 15.1 Å². The summed E-state index contributed by atoms with van der Waals surface area (Å²) in [5.74, 6) is 0. The van der Waals surface area contributed by atoms with Crippen LogP contribution in [-0.4, -0.2) is 29.0 Å². The van der Waals surface area contributed by atoms with Gasteiger partial charge in [0.15, 0.2) is 0 Å².